The van der Waals surface area contributed by atoms with Crippen LogP contribution in [0, 0.1) is 5.92 Å². The fraction of sp³-hybridized carbons (Fsp3) is 0.640. The zero-order valence-corrected chi connectivity index (χ0v) is 19.0. The molecule has 5 aliphatic rings. The molecule has 0 unspecified atom stereocenters. The lowest BCUT2D eigenvalue weighted by molar-refractivity contribution is -0.140. The van der Waals surface area contributed by atoms with Gasteiger partial charge in [0.2, 0.25) is 0 Å². The van der Waals surface area contributed by atoms with Crippen LogP contribution in [0.15, 0.2) is 24.0 Å². The van der Waals surface area contributed by atoms with Crippen LogP contribution in [-0.2, 0) is 26.1 Å². The van der Waals surface area contributed by atoms with Crippen molar-refractivity contribution < 1.29 is 23.7 Å². The highest BCUT2D eigenvalue weighted by Gasteiger charge is 2.64. The molecule has 2 saturated heterocycles. The van der Waals surface area contributed by atoms with Crippen LogP contribution in [-0.4, -0.2) is 81.0 Å². The molecule has 7 heteroatoms. The molecule has 6 rings (SSSR count). The van der Waals surface area contributed by atoms with Crippen molar-refractivity contribution in [1.82, 2.24) is 9.80 Å². The minimum Gasteiger partial charge on any atom is -0.488 e. The minimum atomic E-state index is -0.284. The van der Waals surface area contributed by atoms with Gasteiger partial charge in [0.25, 0.3) is 0 Å². The number of nitrogens with zero attached hydrogens (tertiary/aromatic N) is 2. The van der Waals surface area contributed by atoms with Crippen molar-refractivity contribution in [1.29, 1.82) is 0 Å². The van der Waals surface area contributed by atoms with Gasteiger partial charge in [0.15, 0.2) is 17.6 Å². The third-order valence-electron chi connectivity index (χ3n) is 8.24. The smallest absolute Gasteiger partial charge is 0.307 e. The molecule has 2 bridgehead atoms. The molecule has 0 radical (unpaired) electrons. The highest BCUT2D eigenvalue weighted by molar-refractivity contribution is 5.68. The number of hydrogen-bond donors (Lipinski definition) is 0. The molecule has 1 aromatic carbocycles. The molecule has 32 heavy (non-hydrogen) atoms. The maximum atomic E-state index is 11.9. The predicted octanol–water partition coefficient (Wildman–Crippen LogP) is 2.12. The molecule has 0 aromatic heterocycles. The Balaban J connectivity index is 1.34. The molecule has 1 spiro atoms. The van der Waals surface area contributed by atoms with Crippen molar-refractivity contribution in [2.24, 2.45) is 5.92 Å². The Morgan fingerprint density at radius 1 is 1.25 bits per heavy atom. The zero-order valence-electron chi connectivity index (χ0n) is 19.0. The predicted molar refractivity (Wildman–Crippen MR) is 118 cm³/mol. The lowest BCUT2D eigenvalue weighted by Gasteiger charge is -2.56. The van der Waals surface area contributed by atoms with Crippen LogP contribution in [0.4, 0.5) is 0 Å². The number of rotatable bonds is 5. The van der Waals surface area contributed by atoms with Gasteiger partial charge in [0, 0.05) is 43.6 Å². The molecule has 2 fully saturated rings. The fourth-order valence-corrected chi connectivity index (χ4v) is 6.79. The van der Waals surface area contributed by atoms with Crippen molar-refractivity contribution in [2.75, 3.05) is 53.0 Å². The Hall–Kier alpha value is -2.09. The van der Waals surface area contributed by atoms with Gasteiger partial charge in [-0.2, -0.15) is 0 Å². The molecular weight excluding hydrogens is 408 g/mol. The third-order valence-corrected chi connectivity index (χ3v) is 8.24. The Kier molecular flexibility index (Phi) is 4.97. The lowest BCUT2D eigenvalue weighted by Crippen LogP contribution is -2.63. The van der Waals surface area contributed by atoms with E-state index in [4.69, 9.17) is 18.9 Å². The average molecular weight is 441 g/mol. The van der Waals surface area contributed by atoms with Gasteiger partial charge < -0.3 is 23.8 Å². The lowest BCUT2D eigenvalue weighted by atomic mass is 9.53. The van der Waals surface area contributed by atoms with Gasteiger partial charge in [-0.05, 0) is 56.5 Å². The largest absolute Gasteiger partial charge is 0.488 e. The van der Waals surface area contributed by atoms with Gasteiger partial charge in [0.1, 0.15) is 12.4 Å². The molecule has 0 amide bonds. The van der Waals surface area contributed by atoms with E-state index in [0.29, 0.717) is 24.3 Å². The first-order valence-corrected chi connectivity index (χ1v) is 11.9. The van der Waals surface area contributed by atoms with E-state index in [1.165, 1.54) is 18.1 Å². The maximum absolute atomic E-state index is 11.9. The number of morpholine rings is 1. The molecule has 172 valence electrons. The Labute approximate surface area is 189 Å². The van der Waals surface area contributed by atoms with Crippen molar-refractivity contribution in [3.8, 4) is 11.5 Å². The van der Waals surface area contributed by atoms with Crippen LogP contribution in [0.3, 0.4) is 0 Å². The summed E-state index contributed by atoms with van der Waals surface area (Å²) in [5.41, 5.74) is 2.54. The Morgan fingerprint density at radius 3 is 2.91 bits per heavy atom. The van der Waals surface area contributed by atoms with Crippen LogP contribution >= 0.6 is 0 Å². The number of benzene rings is 1. The van der Waals surface area contributed by atoms with E-state index in [-0.39, 0.29) is 17.5 Å². The van der Waals surface area contributed by atoms with Crippen molar-refractivity contribution >= 4 is 5.97 Å². The van der Waals surface area contributed by atoms with Crippen molar-refractivity contribution in [3.63, 3.8) is 0 Å². The summed E-state index contributed by atoms with van der Waals surface area (Å²) in [7, 11) is 2.24. The normalized spacial score (nSPS) is 33.2. The molecule has 4 atom stereocenters. The second-order valence-electron chi connectivity index (χ2n) is 9.81. The SMILES string of the molecule is CC(=O)OC1=CC[C@H]2[C@H]3Cc4ccc(OCCN5CCOCC5)c5c4[C@@]2(CCN3C)[C@H]1O5. The summed E-state index contributed by atoms with van der Waals surface area (Å²) in [5, 5.41) is 0. The van der Waals surface area contributed by atoms with Crippen LogP contribution < -0.4 is 9.47 Å². The molecule has 7 nitrogen and oxygen atoms in total. The molecule has 0 N–H and O–H groups in total. The van der Waals surface area contributed by atoms with Gasteiger partial charge >= 0.3 is 5.97 Å². The first-order valence-electron chi connectivity index (χ1n) is 11.9. The Bertz CT molecular complexity index is 956. The molecule has 3 aliphatic heterocycles. The van der Waals surface area contributed by atoms with E-state index in [2.05, 4.69) is 35.1 Å². The van der Waals surface area contributed by atoms with E-state index in [9.17, 15) is 4.79 Å². The molecule has 2 aliphatic carbocycles. The second kappa shape index (κ2) is 7.75. The first-order chi connectivity index (χ1) is 15.6. The molecule has 1 aromatic rings. The van der Waals surface area contributed by atoms with E-state index in [1.54, 1.807) is 0 Å². The Morgan fingerprint density at radius 2 is 2.09 bits per heavy atom. The summed E-state index contributed by atoms with van der Waals surface area (Å²) >= 11 is 0. The zero-order chi connectivity index (χ0) is 21.9. The van der Waals surface area contributed by atoms with Gasteiger partial charge in [0.05, 0.1) is 13.2 Å². The highest BCUT2D eigenvalue weighted by atomic mass is 16.6. The summed E-state index contributed by atoms with van der Waals surface area (Å²) in [5.74, 6) is 2.55. The highest BCUT2D eigenvalue weighted by Crippen LogP contribution is 2.63. The van der Waals surface area contributed by atoms with Crippen molar-refractivity contribution in [2.45, 2.75) is 43.7 Å². The quantitative estimate of drug-likeness (QED) is 0.650. The fourth-order valence-electron chi connectivity index (χ4n) is 6.79. The monoisotopic (exact) mass is 440 g/mol. The van der Waals surface area contributed by atoms with Crippen molar-refractivity contribution in [3.05, 3.63) is 35.1 Å². The average Bonchev–Trinajstić information content (AvgIpc) is 3.14. The first kappa shape index (κ1) is 20.5. The summed E-state index contributed by atoms with van der Waals surface area (Å²) < 4.78 is 24.1. The van der Waals surface area contributed by atoms with Gasteiger partial charge in [-0.1, -0.05) is 6.07 Å². The standard InChI is InChI=1S/C25H32N2O5/c1-16(28)31-21-6-4-18-19-15-17-3-5-20(30-14-11-27-9-12-29-13-10-27)23-22(17)25(18,24(21)32-23)7-8-26(19)2/h3,5-6,18-19,24H,4,7-15H2,1-2H3/t18-,19+,24-,25-/m0/s1. The number of carbonyl (C=O) groups is 1. The van der Waals surface area contributed by atoms with E-state index < -0.39 is 0 Å². The second-order valence-corrected chi connectivity index (χ2v) is 9.81. The number of ether oxygens (including phenoxy) is 4. The van der Waals surface area contributed by atoms with Gasteiger partial charge in [-0.3, -0.25) is 9.69 Å². The summed E-state index contributed by atoms with van der Waals surface area (Å²) in [6.07, 6.45) is 4.80. The third kappa shape index (κ3) is 3.01. The summed E-state index contributed by atoms with van der Waals surface area (Å²) in [4.78, 5) is 16.7. The summed E-state index contributed by atoms with van der Waals surface area (Å²) in [6, 6.07) is 4.80. The van der Waals surface area contributed by atoms with Crippen LogP contribution in [0.1, 0.15) is 30.9 Å². The van der Waals surface area contributed by atoms with Crippen LogP contribution in [0.2, 0.25) is 0 Å². The maximum Gasteiger partial charge on any atom is 0.307 e. The number of likely N-dealkylation sites (N-methyl/N-ethyl adjacent to an activating group) is 1. The number of carbonyl (C=O) groups excluding carboxylic acids is 1. The minimum absolute atomic E-state index is 0.136. The van der Waals surface area contributed by atoms with Crippen LogP contribution in [0.25, 0.3) is 0 Å². The van der Waals surface area contributed by atoms with E-state index in [0.717, 1.165) is 70.2 Å². The number of likely N-dealkylation sites (tertiary alicyclic amines) is 1. The number of piperidine rings is 1. The molecule has 0 saturated carbocycles. The topological polar surface area (TPSA) is 60.5 Å². The van der Waals surface area contributed by atoms with E-state index in [1.807, 2.05) is 0 Å². The molecule has 3 heterocycles. The summed E-state index contributed by atoms with van der Waals surface area (Å²) in [6.45, 7) is 7.48. The number of allylic oxidation sites excluding steroid dienone is 1. The number of hydrogen-bond acceptors (Lipinski definition) is 7. The molecular formula is C25H32N2O5. The van der Waals surface area contributed by atoms with Gasteiger partial charge in [-0.25, -0.2) is 0 Å². The number of esters is 1. The van der Waals surface area contributed by atoms with Gasteiger partial charge in [-0.15, -0.1) is 0 Å². The van der Waals surface area contributed by atoms with Crippen LogP contribution in [0.5, 0.6) is 11.5 Å². The van der Waals surface area contributed by atoms with E-state index >= 15 is 0 Å².